The van der Waals surface area contributed by atoms with E-state index in [1.165, 1.54) is 0 Å². The second-order valence-electron chi connectivity index (χ2n) is 3.33. The maximum atomic E-state index is 5.36. The number of nitrogen functional groups attached to an aromatic ring is 1. The van der Waals surface area contributed by atoms with Crippen molar-refractivity contribution in [3.05, 3.63) is 36.4 Å². The summed E-state index contributed by atoms with van der Waals surface area (Å²) in [7, 11) is 0. The van der Waals surface area contributed by atoms with Crippen molar-refractivity contribution in [2.45, 2.75) is 0 Å². The van der Waals surface area contributed by atoms with Gasteiger partial charge in [0, 0.05) is 5.39 Å². The average molecular weight is 212 g/mol. The van der Waals surface area contributed by atoms with Crippen LogP contribution < -0.4 is 5.73 Å². The van der Waals surface area contributed by atoms with Crippen molar-refractivity contribution in [3.8, 4) is 11.6 Å². The quantitative estimate of drug-likeness (QED) is 0.666. The molecule has 0 saturated carbocycles. The molecule has 16 heavy (non-hydrogen) atoms. The van der Waals surface area contributed by atoms with E-state index in [0.717, 1.165) is 10.9 Å². The van der Waals surface area contributed by atoms with Crippen molar-refractivity contribution in [1.82, 2.24) is 15.2 Å². The number of fused-ring (bicyclic) bond motifs is 1. The number of pyridine rings is 1. The number of hydrogen-bond acceptors (Lipinski definition) is 5. The summed E-state index contributed by atoms with van der Waals surface area (Å²) in [6.45, 7) is 0. The van der Waals surface area contributed by atoms with Crippen molar-refractivity contribution in [2.75, 3.05) is 5.73 Å². The van der Waals surface area contributed by atoms with Gasteiger partial charge in [-0.15, -0.1) is 5.10 Å². The molecule has 1 aromatic carbocycles. The van der Waals surface area contributed by atoms with Crippen molar-refractivity contribution in [3.63, 3.8) is 0 Å². The minimum Gasteiger partial charge on any atom is -0.402 e. The number of para-hydroxylation sites is 1. The highest BCUT2D eigenvalue weighted by Crippen LogP contribution is 2.19. The van der Waals surface area contributed by atoms with Gasteiger partial charge in [0.15, 0.2) is 0 Å². The Bertz CT molecular complexity index is 647. The first kappa shape index (κ1) is 8.84. The van der Waals surface area contributed by atoms with Crippen LogP contribution >= 0.6 is 0 Å². The average Bonchev–Trinajstić information content (AvgIpc) is 2.75. The fourth-order valence-electron chi connectivity index (χ4n) is 1.52. The Kier molecular flexibility index (Phi) is 1.83. The molecule has 3 aromatic rings. The smallest absolute Gasteiger partial charge is 0.313 e. The van der Waals surface area contributed by atoms with Crippen LogP contribution in [0.4, 0.5) is 6.01 Å². The Morgan fingerprint density at radius 1 is 1.00 bits per heavy atom. The molecule has 5 nitrogen and oxygen atoms in total. The Hall–Kier alpha value is -2.43. The summed E-state index contributed by atoms with van der Waals surface area (Å²) in [5.74, 6) is 0.336. The van der Waals surface area contributed by atoms with E-state index in [1.807, 2.05) is 36.4 Å². The summed E-state index contributed by atoms with van der Waals surface area (Å²) in [5.41, 5.74) is 6.87. The van der Waals surface area contributed by atoms with Crippen LogP contribution in [-0.2, 0) is 0 Å². The highest BCUT2D eigenvalue weighted by Gasteiger charge is 2.07. The molecule has 0 saturated heterocycles. The molecule has 2 heterocycles. The van der Waals surface area contributed by atoms with Gasteiger partial charge in [-0.2, -0.15) is 0 Å². The number of benzene rings is 1. The summed E-state index contributed by atoms with van der Waals surface area (Å²) < 4.78 is 5.11. The predicted molar refractivity (Wildman–Crippen MR) is 59.4 cm³/mol. The first-order valence-corrected chi connectivity index (χ1v) is 4.78. The minimum atomic E-state index is 0.0463. The van der Waals surface area contributed by atoms with Crippen LogP contribution in [0.1, 0.15) is 0 Å². The first-order valence-electron chi connectivity index (χ1n) is 4.78. The molecular formula is C11H8N4O. The zero-order valence-electron chi connectivity index (χ0n) is 8.29. The molecule has 78 valence electrons. The monoisotopic (exact) mass is 212 g/mol. The molecule has 0 atom stereocenters. The number of rotatable bonds is 1. The largest absolute Gasteiger partial charge is 0.402 e. The second kappa shape index (κ2) is 3.30. The van der Waals surface area contributed by atoms with Gasteiger partial charge >= 0.3 is 6.01 Å². The maximum Gasteiger partial charge on any atom is 0.313 e. The molecule has 0 radical (unpaired) electrons. The van der Waals surface area contributed by atoms with Gasteiger partial charge in [0.25, 0.3) is 5.89 Å². The van der Waals surface area contributed by atoms with Gasteiger partial charge in [-0.25, -0.2) is 4.98 Å². The Morgan fingerprint density at radius 2 is 1.88 bits per heavy atom. The maximum absolute atomic E-state index is 5.36. The van der Waals surface area contributed by atoms with Crippen LogP contribution in [0.25, 0.3) is 22.5 Å². The molecule has 0 amide bonds. The molecular weight excluding hydrogens is 204 g/mol. The molecule has 2 aromatic heterocycles. The molecule has 0 aliphatic carbocycles. The van der Waals surface area contributed by atoms with Crippen LogP contribution in [0.2, 0.25) is 0 Å². The van der Waals surface area contributed by atoms with Gasteiger partial charge in [-0.3, -0.25) is 0 Å². The summed E-state index contributed by atoms with van der Waals surface area (Å²) in [6, 6.07) is 11.7. The molecule has 5 heteroatoms. The van der Waals surface area contributed by atoms with E-state index in [4.69, 9.17) is 10.2 Å². The molecule has 0 fully saturated rings. The number of nitrogens with two attached hydrogens (primary N) is 1. The highest BCUT2D eigenvalue weighted by atomic mass is 16.4. The SMILES string of the molecule is Nc1nnc(-c2ccc3ccccc3n2)o1. The lowest BCUT2D eigenvalue weighted by Crippen LogP contribution is -1.84. The van der Waals surface area contributed by atoms with E-state index in [1.54, 1.807) is 0 Å². The summed E-state index contributed by atoms with van der Waals surface area (Å²) in [5, 5.41) is 8.45. The molecule has 3 rings (SSSR count). The number of anilines is 1. The molecule has 0 aliphatic heterocycles. The molecule has 0 unspecified atom stereocenters. The van der Waals surface area contributed by atoms with Crippen LogP contribution in [0.5, 0.6) is 0 Å². The van der Waals surface area contributed by atoms with Gasteiger partial charge in [0.1, 0.15) is 5.69 Å². The van der Waals surface area contributed by atoms with Crippen molar-refractivity contribution in [1.29, 1.82) is 0 Å². The molecule has 0 aliphatic rings. The summed E-state index contributed by atoms with van der Waals surface area (Å²) in [6.07, 6.45) is 0. The predicted octanol–water partition coefficient (Wildman–Crippen LogP) is 1.87. The zero-order chi connectivity index (χ0) is 11.0. The van der Waals surface area contributed by atoms with Crippen LogP contribution in [0.15, 0.2) is 40.8 Å². The number of hydrogen-bond donors (Lipinski definition) is 1. The number of aromatic nitrogens is 3. The lowest BCUT2D eigenvalue weighted by molar-refractivity contribution is 0.588. The lowest BCUT2D eigenvalue weighted by Gasteiger charge is -1.98. The minimum absolute atomic E-state index is 0.0463. The van der Waals surface area contributed by atoms with E-state index in [2.05, 4.69) is 15.2 Å². The van der Waals surface area contributed by atoms with Crippen LogP contribution in [-0.4, -0.2) is 15.2 Å². The second-order valence-corrected chi connectivity index (χ2v) is 3.33. The van der Waals surface area contributed by atoms with Crippen LogP contribution in [0.3, 0.4) is 0 Å². The van der Waals surface area contributed by atoms with Gasteiger partial charge in [0.05, 0.1) is 5.52 Å². The van der Waals surface area contributed by atoms with E-state index in [9.17, 15) is 0 Å². The summed E-state index contributed by atoms with van der Waals surface area (Å²) in [4.78, 5) is 4.41. The zero-order valence-corrected chi connectivity index (χ0v) is 8.29. The van der Waals surface area contributed by atoms with E-state index < -0.39 is 0 Å². The molecule has 0 spiro atoms. The van der Waals surface area contributed by atoms with Gasteiger partial charge < -0.3 is 10.2 Å². The fourth-order valence-corrected chi connectivity index (χ4v) is 1.52. The third-order valence-electron chi connectivity index (χ3n) is 2.26. The van der Waals surface area contributed by atoms with Crippen LogP contribution in [0, 0.1) is 0 Å². The van der Waals surface area contributed by atoms with Crippen molar-refractivity contribution in [2.24, 2.45) is 0 Å². The van der Waals surface area contributed by atoms with E-state index in [-0.39, 0.29) is 6.01 Å². The van der Waals surface area contributed by atoms with E-state index >= 15 is 0 Å². The fraction of sp³-hybridized carbons (Fsp3) is 0. The van der Waals surface area contributed by atoms with Gasteiger partial charge in [0.2, 0.25) is 0 Å². The van der Waals surface area contributed by atoms with Gasteiger partial charge in [-0.05, 0) is 12.1 Å². The topological polar surface area (TPSA) is 77.8 Å². The molecule has 0 bridgehead atoms. The Balaban J connectivity index is 2.18. The standard InChI is InChI=1S/C11H8N4O/c12-11-15-14-10(16-11)9-6-5-7-3-1-2-4-8(7)13-9/h1-6H,(H2,12,15). The number of nitrogens with zero attached hydrogens (tertiary/aromatic N) is 3. The highest BCUT2D eigenvalue weighted by molar-refractivity contribution is 5.80. The third kappa shape index (κ3) is 1.38. The van der Waals surface area contributed by atoms with Crippen molar-refractivity contribution < 1.29 is 4.42 Å². The third-order valence-corrected chi connectivity index (χ3v) is 2.26. The first-order chi connectivity index (χ1) is 7.83. The summed E-state index contributed by atoms with van der Waals surface area (Å²) >= 11 is 0. The Labute approximate surface area is 90.9 Å². The normalized spacial score (nSPS) is 10.8. The van der Waals surface area contributed by atoms with Gasteiger partial charge in [-0.1, -0.05) is 29.4 Å². The van der Waals surface area contributed by atoms with Crippen molar-refractivity contribution >= 4 is 16.9 Å². The molecule has 2 N–H and O–H groups in total. The van der Waals surface area contributed by atoms with E-state index in [0.29, 0.717) is 11.6 Å². The Morgan fingerprint density at radius 3 is 2.69 bits per heavy atom. The lowest BCUT2D eigenvalue weighted by atomic mass is 10.2.